The normalized spacial score (nSPS) is 17.7. The Hall–Kier alpha value is -0.740. The van der Waals surface area contributed by atoms with Crippen LogP contribution in [0.5, 0.6) is 0 Å². The van der Waals surface area contributed by atoms with Crippen molar-refractivity contribution in [3.05, 3.63) is 0 Å². The molecule has 0 saturated carbocycles. The Morgan fingerprint density at radius 2 is 1.47 bits per heavy atom. The van der Waals surface area contributed by atoms with Crippen molar-refractivity contribution in [2.24, 2.45) is 0 Å². The summed E-state index contributed by atoms with van der Waals surface area (Å²) < 4.78 is 11.8. The molecule has 94 valence electrons. The number of carbonyl (C=O) groups is 1. The van der Waals surface area contributed by atoms with Gasteiger partial charge in [0.1, 0.15) is 18.3 Å². The molecular formula is C6H13F3O6. The first kappa shape index (κ1) is 19.8. The second-order valence-corrected chi connectivity index (χ2v) is 2.48. The Bertz CT molecular complexity index is 180. The van der Waals surface area contributed by atoms with Gasteiger partial charge in [0.15, 0.2) is 6.10 Å². The van der Waals surface area contributed by atoms with E-state index in [9.17, 15) is 9.18 Å². The van der Waals surface area contributed by atoms with Gasteiger partial charge in [-0.15, -0.1) is 0 Å². The smallest absolute Gasteiger partial charge is 0.332 e. The minimum atomic E-state index is -2.42. The highest BCUT2D eigenvalue weighted by molar-refractivity contribution is 5.73. The maximum absolute atomic E-state index is 11.8. The van der Waals surface area contributed by atoms with Crippen LogP contribution >= 0.6 is 0 Å². The van der Waals surface area contributed by atoms with E-state index in [2.05, 4.69) is 0 Å². The molecule has 0 rings (SSSR count). The first-order chi connectivity index (χ1) is 5.91. The van der Waals surface area contributed by atoms with Crippen molar-refractivity contribution in [3.63, 3.8) is 0 Å². The van der Waals surface area contributed by atoms with Gasteiger partial charge in [-0.1, -0.05) is 0 Å². The molecule has 0 aliphatic rings. The molecule has 0 radical (unpaired) electrons. The molecule has 0 saturated heterocycles. The molecule has 0 aromatic heterocycles. The summed E-state index contributed by atoms with van der Waals surface area (Å²) in [5, 5.41) is 43.3. The van der Waals surface area contributed by atoms with Crippen molar-refractivity contribution >= 4 is 6.04 Å². The van der Waals surface area contributed by atoms with Crippen LogP contribution in [0.4, 0.5) is 13.8 Å². The van der Waals surface area contributed by atoms with E-state index >= 15 is 0 Å². The Labute approximate surface area is 82.3 Å². The van der Waals surface area contributed by atoms with E-state index < -0.39 is 37.1 Å². The monoisotopic (exact) mass is 238 g/mol. The summed E-state index contributed by atoms with van der Waals surface area (Å²) >= 11 is 0. The maximum atomic E-state index is 11.8. The lowest BCUT2D eigenvalue weighted by atomic mass is 10.0. The number of halogens is 3. The standard InChI is InChI=1S/C6H11FO6.2FH/c7-6(13)5(12)4(11)3(10)2(9)1-8;;/h2-5,8-12H,1H2;2*1H/t2-,3-,4+,5+;;/m1../s1. The predicted molar refractivity (Wildman–Crippen MR) is 42.2 cm³/mol. The largest absolute Gasteiger partial charge is 0.394 e. The number of rotatable bonds is 5. The van der Waals surface area contributed by atoms with E-state index in [0.29, 0.717) is 0 Å². The zero-order valence-electron chi connectivity index (χ0n) is 7.36. The number of carbonyl (C=O) groups excluding carboxylic acids is 1. The van der Waals surface area contributed by atoms with Crippen molar-refractivity contribution in [2.75, 3.05) is 6.61 Å². The first-order valence-electron chi connectivity index (χ1n) is 3.44. The lowest BCUT2D eigenvalue weighted by Gasteiger charge is -2.22. The minimum Gasteiger partial charge on any atom is -0.394 e. The van der Waals surface area contributed by atoms with Crippen LogP contribution < -0.4 is 0 Å². The van der Waals surface area contributed by atoms with Crippen LogP contribution in [0, 0.1) is 0 Å². The van der Waals surface area contributed by atoms with Gasteiger partial charge in [0, 0.05) is 0 Å². The van der Waals surface area contributed by atoms with Gasteiger partial charge >= 0.3 is 6.04 Å². The maximum Gasteiger partial charge on any atom is 0.332 e. The fraction of sp³-hybridized carbons (Fsp3) is 0.833. The molecular weight excluding hydrogens is 225 g/mol. The molecule has 5 N–H and O–H groups in total. The SMILES string of the molecule is F.F.O=C(F)[C@@H](O)[C@@H](O)[C@H](O)[C@H](O)CO. The van der Waals surface area contributed by atoms with E-state index in [1.165, 1.54) is 0 Å². The van der Waals surface area contributed by atoms with Crippen LogP contribution in [0.3, 0.4) is 0 Å². The minimum absolute atomic E-state index is 0. The average Bonchev–Trinajstić information content (AvgIpc) is 2.12. The number of hydrogen-bond donors (Lipinski definition) is 5. The molecule has 4 atom stereocenters. The molecule has 6 nitrogen and oxygen atoms in total. The Balaban J connectivity index is -0.000000720. The van der Waals surface area contributed by atoms with Gasteiger partial charge in [-0.2, -0.15) is 4.39 Å². The van der Waals surface area contributed by atoms with Crippen molar-refractivity contribution in [2.45, 2.75) is 24.4 Å². The molecule has 9 heteroatoms. The molecule has 0 aromatic carbocycles. The number of aliphatic hydroxyl groups is 5. The van der Waals surface area contributed by atoms with Crippen LogP contribution in [0.1, 0.15) is 0 Å². The predicted octanol–water partition coefficient (Wildman–Crippen LogP) is -2.78. The third-order valence-corrected chi connectivity index (χ3v) is 1.49. The highest BCUT2D eigenvalue weighted by Crippen LogP contribution is 2.06. The quantitative estimate of drug-likeness (QED) is 0.331. The van der Waals surface area contributed by atoms with Gasteiger partial charge in [-0.25, -0.2) is 0 Å². The van der Waals surface area contributed by atoms with Crippen LogP contribution in [0.25, 0.3) is 0 Å². The summed E-state index contributed by atoms with van der Waals surface area (Å²) in [6, 6.07) is -2.23. The van der Waals surface area contributed by atoms with Gasteiger partial charge < -0.3 is 25.5 Å². The molecule has 0 aliphatic heterocycles. The summed E-state index contributed by atoms with van der Waals surface area (Å²) in [7, 11) is 0. The number of aliphatic hydroxyl groups excluding tert-OH is 5. The van der Waals surface area contributed by atoms with Crippen molar-refractivity contribution in [1.29, 1.82) is 0 Å². The van der Waals surface area contributed by atoms with Crippen molar-refractivity contribution in [3.8, 4) is 0 Å². The molecule has 0 bridgehead atoms. The molecule has 0 heterocycles. The van der Waals surface area contributed by atoms with Gasteiger partial charge in [-0.05, 0) is 0 Å². The molecule has 0 aliphatic carbocycles. The lowest BCUT2D eigenvalue weighted by molar-refractivity contribution is -0.156. The fourth-order valence-corrected chi connectivity index (χ4v) is 0.657. The molecule has 15 heavy (non-hydrogen) atoms. The second-order valence-electron chi connectivity index (χ2n) is 2.48. The number of hydrogen-bond acceptors (Lipinski definition) is 6. The van der Waals surface area contributed by atoms with Crippen LogP contribution in [-0.2, 0) is 4.79 Å². The first-order valence-corrected chi connectivity index (χ1v) is 3.44. The molecule has 0 aromatic rings. The topological polar surface area (TPSA) is 118 Å². The molecule has 0 spiro atoms. The summed E-state index contributed by atoms with van der Waals surface area (Å²) in [4.78, 5) is 9.87. The van der Waals surface area contributed by atoms with Gasteiger partial charge in [0.05, 0.1) is 6.61 Å². The molecule has 0 unspecified atom stereocenters. The fourth-order valence-electron chi connectivity index (χ4n) is 0.657. The van der Waals surface area contributed by atoms with E-state index in [1.54, 1.807) is 0 Å². The summed E-state index contributed by atoms with van der Waals surface area (Å²) in [5.74, 6) is 0. The van der Waals surface area contributed by atoms with Crippen molar-refractivity contribution in [1.82, 2.24) is 0 Å². The highest BCUT2D eigenvalue weighted by Gasteiger charge is 2.34. The van der Waals surface area contributed by atoms with Gasteiger partial charge in [0.2, 0.25) is 0 Å². The summed E-state index contributed by atoms with van der Waals surface area (Å²) in [6.07, 6.45) is -8.32. The zero-order valence-corrected chi connectivity index (χ0v) is 7.36. The van der Waals surface area contributed by atoms with E-state index in [0.717, 1.165) is 0 Å². The van der Waals surface area contributed by atoms with E-state index in [1.807, 2.05) is 0 Å². The third kappa shape index (κ3) is 5.64. The highest BCUT2D eigenvalue weighted by atomic mass is 19.1. The Kier molecular flexibility index (Phi) is 11.3. The summed E-state index contributed by atoms with van der Waals surface area (Å²) in [5.41, 5.74) is 0. The Morgan fingerprint density at radius 3 is 1.73 bits per heavy atom. The average molecular weight is 238 g/mol. The second kappa shape index (κ2) is 8.56. The molecule has 0 fully saturated rings. The van der Waals surface area contributed by atoms with Gasteiger partial charge in [-0.3, -0.25) is 14.2 Å². The van der Waals surface area contributed by atoms with Crippen LogP contribution in [0.15, 0.2) is 0 Å². The van der Waals surface area contributed by atoms with E-state index in [4.69, 9.17) is 25.5 Å². The van der Waals surface area contributed by atoms with Crippen LogP contribution in [-0.4, -0.2) is 62.6 Å². The molecule has 0 amide bonds. The van der Waals surface area contributed by atoms with Gasteiger partial charge in [0.25, 0.3) is 0 Å². The van der Waals surface area contributed by atoms with E-state index in [-0.39, 0.29) is 9.41 Å². The third-order valence-electron chi connectivity index (χ3n) is 1.49. The van der Waals surface area contributed by atoms with Crippen molar-refractivity contribution < 1.29 is 44.1 Å². The zero-order chi connectivity index (χ0) is 10.6. The Morgan fingerprint density at radius 1 is 1.07 bits per heavy atom. The van der Waals surface area contributed by atoms with Crippen LogP contribution in [0.2, 0.25) is 0 Å². The summed E-state index contributed by atoms with van der Waals surface area (Å²) in [6.45, 7) is -0.884. The lowest BCUT2D eigenvalue weighted by Crippen LogP contribution is -2.47.